The first-order valence-corrected chi connectivity index (χ1v) is 12.8. The van der Waals surface area contributed by atoms with Gasteiger partial charge in [-0.25, -0.2) is 9.78 Å². The second-order valence-electron chi connectivity index (χ2n) is 9.25. The van der Waals surface area contributed by atoms with E-state index in [1.54, 1.807) is 30.5 Å². The molecule has 0 fully saturated rings. The molecule has 2 aromatic heterocycles. The molecule has 1 amide bonds. The van der Waals surface area contributed by atoms with Crippen molar-refractivity contribution in [1.29, 1.82) is 5.26 Å². The number of hydrogen-bond donors (Lipinski definition) is 1. The number of nitrogens with zero attached hydrogens (tertiary/aromatic N) is 4. The minimum absolute atomic E-state index is 0.205. The highest BCUT2D eigenvalue weighted by Crippen LogP contribution is 2.35. The van der Waals surface area contributed by atoms with Gasteiger partial charge in [0.2, 0.25) is 0 Å². The molecule has 1 N–H and O–H groups in total. The maximum atomic E-state index is 13.4. The molecule has 1 aliphatic heterocycles. The molecule has 0 bridgehead atoms. The van der Waals surface area contributed by atoms with Gasteiger partial charge in [-0.05, 0) is 59.2 Å². The molecule has 5 rings (SSSR count). The minimum atomic E-state index is -4.83. The second-order valence-corrected chi connectivity index (χ2v) is 9.64. The third-order valence-corrected chi connectivity index (χ3v) is 6.79. The summed E-state index contributed by atoms with van der Waals surface area (Å²) >= 11 is 5.95. The van der Waals surface area contributed by atoms with Crippen molar-refractivity contribution in [3.63, 3.8) is 0 Å². The van der Waals surface area contributed by atoms with E-state index in [0.717, 1.165) is 22.4 Å². The number of halogens is 4. The number of rotatable bonds is 6. The fourth-order valence-electron chi connectivity index (χ4n) is 4.79. The maximum absolute atomic E-state index is 13.4. The molecule has 3 heterocycles. The predicted octanol–water partition coefficient (Wildman–Crippen LogP) is 6.29. The summed E-state index contributed by atoms with van der Waals surface area (Å²) in [4.78, 5) is 19.5. The predicted molar refractivity (Wildman–Crippen MR) is 145 cm³/mol. The fraction of sp³-hybridized carbons (Fsp3) is 0.207. The van der Waals surface area contributed by atoms with Crippen molar-refractivity contribution < 1.29 is 22.7 Å². The molecule has 204 valence electrons. The molecule has 0 atom stereocenters. The quantitative estimate of drug-likeness (QED) is 0.278. The molecule has 0 unspecified atom stereocenters. The Morgan fingerprint density at radius 1 is 1.18 bits per heavy atom. The molecule has 0 saturated carbocycles. The number of fused-ring (bicyclic) bond motifs is 3. The lowest BCUT2D eigenvalue weighted by molar-refractivity contribution is -0.274. The van der Waals surface area contributed by atoms with Crippen LogP contribution in [0.1, 0.15) is 27.9 Å². The standard InChI is InChI=1S/C29H23ClF3N5O2/c30-27-14-21(9-11-35-27)17-36-28(39)38-25-8-7-22(40-29(31,32)33)15-23(25)24-18-37(13-10-26(24)38)12-1-2-19-3-5-20(16-34)6-4-19/h1-9,11,14-15H,10,12-13,17-18H2,(H,36,39)/b2-1+. The van der Waals surface area contributed by atoms with Crippen LogP contribution >= 0.6 is 11.6 Å². The van der Waals surface area contributed by atoms with Gasteiger partial charge in [0.25, 0.3) is 0 Å². The molecule has 11 heteroatoms. The van der Waals surface area contributed by atoms with Gasteiger partial charge in [-0.15, -0.1) is 13.2 Å². The lowest BCUT2D eigenvalue weighted by Crippen LogP contribution is -2.34. The summed E-state index contributed by atoms with van der Waals surface area (Å²) in [6.45, 7) is 1.90. The lowest BCUT2D eigenvalue weighted by atomic mass is 10.0. The van der Waals surface area contributed by atoms with Gasteiger partial charge < -0.3 is 10.1 Å². The summed E-state index contributed by atoms with van der Waals surface area (Å²) in [7, 11) is 0. The number of hydrogen-bond acceptors (Lipinski definition) is 5. The number of nitrogens with one attached hydrogen (secondary N) is 1. The number of carbonyl (C=O) groups is 1. The van der Waals surface area contributed by atoms with Crippen molar-refractivity contribution in [3.05, 3.63) is 100.0 Å². The van der Waals surface area contributed by atoms with Crippen molar-refractivity contribution in [3.8, 4) is 11.8 Å². The van der Waals surface area contributed by atoms with Gasteiger partial charge >= 0.3 is 12.4 Å². The van der Waals surface area contributed by atoms with Crippen molar-refractivity contribution in [2.24, 2.45) is 0 Å². The Kier molecular flexibility index (Phi) is 7.78. The third-order valence-electron chi connectivity index (χ3n) is 6.58. The van der Waals surface area contributed by atoms with Crippen LogP contribution in [-0.2, 0) is 19.5 Å². The topological polar surface area (TPSA) is 83.2 Å². The minimum Gasteiger partial charge on any atom is -0.406 e. The molecule has 4 aromatic rings. The van der Waals surface area contributed by atoms with Crippen LogP contribution in [0, 0.1) is 11.3 Å². The van der Waals surface area contributed by atoms with Gasteiger partial charge in [0.1, 0.15) is 10.9 Å². The first kappa shape index (κ1) is 27.2. The van der Waals surface area contributed by atoms with Crippen LogP contribution in [0.2, 0.25) is 5.15 Å². The van der Waals surface area contributed by atoms with Crippen LogP contribution < -0.4 is 10.1 Å². The van der Waals surface area contributed by atoms with Crippen LogP contribution in [0.4, 0.5) is 18.0 Å². The summed E-state index contributed by atoms with van der Waals surface area (Å²) in [5.74, 6) is -0.343. The molecule has 0 aliphatic carbocycles. The van der Waals surface area contributed by atoms with E-state index in [-0.39, 0.29) is 12.3 Å². The van der Waals surface area contributed by atoms with Gasteiger partial charge in [-0.3, -0.25) is 9.47 Å². The van der Waals surface area contributed by atoms with E-state index in [0.29, 0.717) is 47.7 Å². The smallest absolute Gasteiger partial charge is 0.406 e. The number of benzene rings is 2. The Bertz CT molecular complexity index is 1620. The Morgan fingerprint density at radius 3 is 2.70 bits per heavy atom. The SMILES string of the molecule is N#Cc1ccc(/C=C/CN2CCc3c(c4cc(OC(F)(F)F)ccc4n3C(=O)NCc3ccnc(Cl)c3)C2)cc1. The van der Waals surface area contributed by atoms with Crippen LogP contribution in [0.25, 0.3) is 17.0 Å². The number of pyridine rings is 1. The molecule has 0 saturated heterocycles. The monoisotopic (exact) mass is 565 g/mol. The zero-order chi connectivity index (χ0) is 28.3. The first-order chi connectivity index (χ1) is 19.2. The van der Waals surface area contributed by atoms with Crippen LogP contribution in [0.5, 0.6) is 5.75 Å². The Labute approximate surface area is 233 Å². The Morgan fingerprint density at radius 2 is 1.98 bits per heavy atom. The highest BCUT2D eigenvalue weighted by molar-refractivity contribution is 6.29. The fourth-order valence-corrected chi connectivity index (χ4v) is 4.99. The number of amides is 1. The summed E-state index contributed by atoms with van der Waals surface area (Å²) in [5.41, 5.74) is 4.33. The van der Waals surface area contributed by atoms with Gasteiger partial charge in [-0.2, -0.15) is 5.26 Å². The van der Waals surface area contributed by atoms with E-state index in [1.807, 2.05) is 24.3 Å². The summed E-state index contributed by atoms with van der Waals surface area (Å²) in [6.07, 6.45) is 1.19. The molecular weight excluding hydrogens is 543 g/mol. The largest absolute Gasteiger partial charge is 0.573 e. The first-order valence-electron chi connectivity index (χ1n) is 12.4. The Hall–Kier alpha value is -4.33. The van der Waals surface area contributed by atoms with Crippen LogP contribution in [-0.4, -0.2) is 39.9 Å². The van der Waals surface area contributed by atoms with Crippen LogP contribution in [0.3, 0.4) is 0 Å². The zero-order valence-corrected chi connectivity index (χ0v) is 21.8. The van der Waals surface area contributed by atoms with Crippen molar-refractivity contribution in [2.45, 2.75) is 25.9 Å². The molecule has 2 aromatic carbocycles. The number of nitriles is 1. The van der Waals surface area contributed by atoms with E-state index in [2.05, 4.69) is 26.0 Å². The normalized spacial score (nSPS) is 13.8. The van der Waals surface area contributed by atoms with E-state index in [1.165, 1.54) is 22.8 Å². The lowest BCUT2D eigenvalue weighted by Gasteiger charge is -2.27. The van der Waals surface area contributed by atoms with E-state index >= 15 is 0 Å². The second kappa shape index (κ2) is 11.4. The van der Waals surface area contributed by atoms with E-state index < -0.39 is 12.4 Å². The molecule has 0 spiro atoms. The summed E-state index contributed by atoms with van der Waals surface area (Å²) in [6, 6.07) is 16.3. The van der Waals surface area contributed by atoms with Gasteiger partial charge in [0, 0.05) is 49.9 Å². The number of ether oxygens (including phenoxy) is 1. The summed E-state index contributed by atoms with van der Waals surface area (Å²) < 4.78 is 44.6. The molecule has 7 nitrogen and oxygen atoms in total. The average Bonchev–Trinajstić information content (AvgIpc) is 3.24. The molecule has 0 radical (unpaired) electrons. The molecule has 40 heavy (non-hydrogen) atoms. The molecule has 1 aliphatic rings. The molecular formula is C29H23ClF3N5O2. The van der Waals surface area contributed by atoms with Gasteiger partial charge in [0.15, 0.2) is 0 Å². The number of aromatic nitrogens is 2. The van der Waals surface area contributed by atoms with E-state index in [9.17, 15) is 18.0 Å². The van der Waals surface area contributed by atoms with E-state index in [4.69, 9.17) is 16.9 Å². The van der Waals surface area contributed by atoms with Gasteiger partial charge in [-0.1, -0.05) is 35.9 Å². The highest BCUT2D eigenvalue weighted by atomic mass is 35.5. The van der Waals surface area contributed by atoms with Crippen molar-refractivity contribution in [1.82, 2.24) is 19.8 Å². The zero-order valence-electron chi connectivity index (χ0n) is 21.1. The van der Waals surface area contributed by atoms with Crippen LogP contribution in [0.15, 0.2) is 66.9 Å². The third kappa shape index (κ3) is 6.28. The number of alkyl halides is 3. The Balaban J connectivity index is 1.41. The summed E-state index contributed by atoms with van der Waals surface area (Å²) in [5, 5.41) is 12.7. The highest BCUT2D eigenvalue weighted by Gasteiger charge is 2.32. The van der Waals surface area contributed by atoms with Gasteiger partial charge in [0.05, 0.1) is 17.1 Å². The number of carbonyl (C=O) groups excluding carboxylic acids is 1. The van der Waals surface area contributed by atoms with Crippen molar-refractivity contribution >= 4 is 34.6 Å². The van der Waals surface area contributed by atoms with Crippen molar-refractivity contribution in [2.75, 3.05) is 13.1 Å². The maximum Gasteiger partial charge on any atom is 0.573 e. The average molecular weight is 566 g/mol.